The molecule has 2 atom stereocenters. The Morgan fingerprint density at radius 2 is 2.17 bits per heavy atom. The van der Waals surface area contributed by atoms with Crippen molar-refractivity contribution in [2.75, 3.05) is 7.05 Å². The molecule has 1 aliphatic rings. The van der Waals surface area contributed by atoms with Gasteiger partial charge >= 0.3 is 6.03 Å². The maximum Gasteiger partial charge on any atom is 0.314 e. The molecule has 0 aromatic rings. The van der Waals surface area contributed by atoms with Gasteiger partial charge in [-0.3, -0.25) is 0 Å². The van der Waals surface area contributed by atoms with Crippen LogP contribution in [0, 0.1) is 5.92 Å². The lowest BCUT2D eigenvalue weighted by atomic mass is 9.86. The molecule has 0 radical (unpaired) electrons. The number of nitrogens with zero attached hydrogens (tertiary/aromatic N) is 1. The van der Waals surface area contributed by atoms with Crippen molar-refractivity contribution >= 4 is 6.03 Å². The Bertz CT molecular complexity index is 170. The number of primary amides is 1. The highest BCUT2D eigenvalue weighted by molar-refractivity contribution is 5.72. The number of amides is 2. The fraction of sp³-hybridized carbons (Fsp3) is 0.889. The normalized spacial score (nSPS) is 29.8. The first-order valence-electron chi connectivity index (χ1n) is 4.63. The third-order valence-corrected chi connectivity index (χ3v) is 2.80. The maximum atomic E-state index is 10.9. The van der Waals surface area contributed by atoms with Gasteiger partial charge in [0, 0.05) is 13.1 Å². The lowest BCUT2D eigenvalue weighted by molar-refractivity contribution is 0.168. The first kappa shape index (κ1) is 9.36. The molecule has 1 saturated carbocycles. The van der Waals surface area contributed by atoms with Crippen molar-refractivity contribution in [3.8, 4) is 0 Å². The Kier molecular flexibility index (Phi) is 2.95. The van der Waals surface area contributed by atoms with E-state index in [4.69, 9.17) is 5.73 Å². The lowest BCUT2D eigenvalue weighted by Crippen LogP contribution is -2.42. The van der Waals surface area contributed by atoms with Crippen LogP contribution in [0.5, 0.6) is 0 Å². The Morgan fingerprint density at radius 3 is 2.67 bits per heavy atom. The van der Waals surface area contributed by atoms with Crippen LogP contribution in [0.3, 0.4) is 0 Å². The zero-order valence-electron chi connectivity index (χ0n) is 7.92. The van der Waals surface area contributed by atoms with Gasteiger partial charge in [-0.05, 0) is 18.8 Å². The molecule has 0 saturated heterocycles. The largest absolute Gasteiger partial charge is 0.351 e. The van der Waals surface area contributed by atoms with Crippen LogP contribution < -0.4 is 5.73 Å². The van der Waals surface area contributed by atoms with Crippen molar-refractivity contribution < 1.29 is 4.79 Å². The Balaban J connectivity index is 2.45. The molecule has 70 valence electrons. The smallest absolute Gasteiger partial charge is 0.314 e. The van der Waals surface area contributed by atoms with E-state index >= 15 is 0 Å². The molecule has 0 heterocycles. The lowest BCUT2D eigenvalue weighted by Gasteiger charge is -2.32. The van der Waals surface area contributed by atoms with E-state index in [0.717, 1.165) is 18.8 Å². The summed E-state index contributed by atoms with van der Waals surface area (Å²) in [6.45, 7) is 2.24. The van der Waals surface area contributed by atoms with Gasteiger partial charge in [0.1, 0.15) is 0 Å². The van der Waals surface area contributed by atoms with E-state index in [9.17, 15) is 4.79 Å². The zero-order chi connectivity index (χ0) is 9.14. The van der Waals surface area contributed by atoms with Gasteiger partial charge in [-0.25, -0.2) is 4.79 Å². The molecule has 2 amide bonds. The first-order chi connectivity index (χ1) is 5.61. The minimum atomic E-state index is -0.297. The quantitative estimate of drug-likeness (QED) is 0.638. The van der Waals surface area contributed by atoms with E-state index < -0.39 is 0 Å². The topological polar surface area (TPSA) is 46.3 Å². The van der Waals surface area contributed by atoms with Gasteiger partial charge in [-0.15, -0.1) is 0 Å². The molecule has 3 nitrogen and oxygen atoms in total. The summed E-state index contributed by atoms with van der Waals surface area (Å²) >= 11 is 0. The van der Waals surface area contributed by atoms with Gasteiger partial charge in [0.25, 0.3) is 0 Å². The molecule has 12 heavy (non-hydrogen) atoms. The highest BCUT2D eigenvalue weighted by Crippen LogP contribution is 2.26. The number of hydrogen-bond acceptors (Lipinski definition) is 1. The van der Waals surface area contributed by atoms with Crippen LogP contribution in [-0.4, -0.2) is 24.0 Å². The molecule has 1 rings (SSSR count). The predicted molar refractivity (Wildman–Crippen MR) is 48.8 cm³/mol. The average molecular weight is 170 g/mol. The van der Waals surface area contributed by atoms with Gasteiger partial charge in [0.05, 0.1) is 0 Å². The van der Waals surface area contributed by atoms with Crippen molar-refractivity contribution in [2.45, 2.75) is 38.6 Å². The Hall–Kier alpha value is -0.730. The number of urea groups is 1. The molecule has 0 spiro atoms. The summed E-state index contributed by atoms with van der Waals surface area (Å²) in [5, 5.41) is 0. The van der Waals surface area contributed by atoms with E-state index in [0.29, 0.717) is 6.04 Å². The van der Waals surface area contributed by atoms with Crippen LogP contribution >= 0.6 is 0 Å². The second-order valence-corrected chi connectivity index (χ2v) is 3.87. The van der Waals surface area contributed by atoms with E-state index in [1.54, 1.807) is 11.9 Å². The Morgan fingerprint density at radius 1 is 1.50 bits per heavy atom. The van der Waals surface area contributed by atoms with Crippen molar-refractivity contribution in [1.29, 1.82) is 0 Å². The molecule has 3 heteroatoms. The molecule has 0 bridgehead atoms. The molecule has 0 aromatic heterocycles. The molecule has 2 N–H and O–H groups in total. The average Bonchev–Trinajstić information content (AvgIpc) is 2.03. The van der Waals surface area contributed by atoms with Crippen LogP contribution in [0.25, 0.3) is 0 Å². The summed E-state index contributed by atoms with van der Waals surface area (Å²) in [6, 6.07) is 0.0837. The van der Waals surface area contributed by atoms with Crippen LogP contribution in [0.4, 0.5) is 4.79 Å². The number of rotatable bonds is 1. The maximum absolute atomic E-state index is 10.9. The van der Waals surface area contributed by atoms with E-state index in [2.05, 4.69) is 6.92 Å². The molecular weight excluding hydrogens is 152 g/mol. The van der Waals surface area contributed by atoms with Crippen molar-refractivity contribution in [3.05, 3.63) is 0 Å². The molecule has 1 fully saturated rings. The van der Waals surface area contributed by atoms with Crippen molar-refractivity contribution in [3.63, 3.8) is 0 Å². The monoisotopic (exact) mass is 170 g/mol. The molecular formula is C9H18N2O. The van der Waals surface area contributed by atoms with E-state index in [-0.39, 0.29) is 6.03 Å². The van der Waals surface area contributed by atoms with Gasteiger partial charge < -0.3 is 10.6 Å². The summed E-state index contributed by atoms with van der Waals surface area (Å²) < 4.78 is 0. The van der Waals surface area contributed by atoms with Gasteiger partial charge in [0.15, 0.2) is 0 Å². The Labute approximate surface area is 73.9 Å². The fourth-order valence-electron chi connectivity index (χ4n) is 1.93. The van der Waals surface area contributed by atoms with Crippen LogP contribution in [0.1, 0.15) is 32.6 Å². The van der Waals surface area contributed by atoms with Crippen LogP contribution in [-0.2, 0) is 0 Å². The number of hydrogen-bond donors (Lipinski definition) is 1. The number of nitrogens with two attached hydrogens (primary N) is 1. The summed E-state index contributed by atoms with van der Waals surface area (Å²) in [7, 11) is 1.80. The molecule has 0 aromatic carbocycles. The highest BCUT2D eigenvalue weighted by Gasteiger charge is 2.23. The van der Waals surface area contributed by atoms with E-state index in [1.165, 1.54) is 12.8 Å². The van der Waals surface area contributed by atoms with Gasteiger partial charge in [-0.1, -0.05) is 19.8 Å². The second-order valence-electron chi connectivity index (χ2n) is 3.87. The molecule has 1 aliphatic carbocycles. The van der Waals surface area contributed by atoms with Gasteiger partial charge in [0.2, 0.25) is 0 Å². The summed E-state index contributed by atoms with van der Waals surface area (Å²) in [6.07, 6.45) is 4.75. The first-order valence-corrected chi connectivity index (χ1v) is 4.63. The number of carbonyl (C=O) groups excluding carboxylic acids is 1. The predicted octanol–water partition coefficient (Wildman–Crippen LogP) is 1.58. The summed E-state index contributed by atoms with van der Waals surface area (Å²) in [4.78, 5) is 12.5. The molecule has 0 aliphatic heterocycles. The van der Waals surface area contributed by atoms with Crippen LogP contribution in [0.2, 0.25) is 0 Å². The van der Waals surface area contributed by atoms with Crippen LogP contribution in [0.15, 0.2) is 0 Å². The number of carbonyl (C=O) groups is 1. The van der Waals surface area contributed by atoms with Gasteiger partial charge in [-0.2, -0.15) is 0 Å². The van der Waals surface area contributed by atoms with E-state index in [1.807, 2.05) is 0 Å². The minimum absolute atomic E-state index is 0.297. The summed E-state index contributed by atoms with van der Waals surface area (Å²) in [5.74, 6) is 0.741. The van der Waals surface area contributed by atoms with Crippen molar-refractivity contribution in [2.24, 2.45) is 11.7 Å². The van der Waals surface area contributed by atoms with Crippen molar-refractivity contribution in [1.82, 2.24) is 4.90 Å². The SMILES string of the molecule is C[C@H]1CCC[C@@H](N(C)C(N)=O)C1. The molecule has 0 unspecified atom stereocenters. The second kappa shape index (κ2) is 3.78. The standard InChI is InChI=1S/C9H18N2O/c1-7-4-3-5-8(6-7)11(2)9(10)12/h7-8H,3-6H2,1-2H3,(H2,10,12)/t7-,8+/m0/s1. The fourth-order valence-corrected chi connectivity index (χ4v) is 1.93. The highest BCUT2D eigenvalue weighted by atomic mass is 16.2. The third kappa shape index (κ3) is 2.13. The third-order valence-electron chi connectivity index (χ3n) is 2.80. The minimum Gasteiger partial charge on any atom is -0.351 e. The zero-order valence-corrected chi connectivity index (χ0v) is 7.92. The summed E-state index contributed by atoms with van der Waals surface area (Å²) in [5.41, 5.74) is 5.20.